The van der Waals surface area contributed by atoms with Crippen molar-refractivity contribution in [2.75, 3.05) is 19.7 Å². The summed E-state index contributed by atoms with van der Waals surface area (Å²) < 4.78 is 2.14. The van der Waals surface area contributed by atoms with Crippen molar-refractivity contribution in [3.8, 4) is 0 Å². The van der Waals surface area contributed by atoms with Crippen LogP contribution in [0.2, 0.25) is 0 Å². The van der Waals surface area contributed by atoms with E-state index in [0.29, 0.717) is 6.61 Å². The van der Waals surface area contributed by atoms with Gasteiger partial charge in [0.2, 0.25) is 0 Å². The smallest absolute Gasteiger partial charge is 0.0949 e. The van der Waals surface area contributed by atoms with Crippen molar-refractivity contribution in [3.05, 3.63) is 18.2 Å². The minimum atomic E-state index is 0.303. The second kappa shape index (κ2) is 8.30. The number of nitrogens with one attached hydrogen (secondary N) is 1. The molecule has 1 aromatic heterocycles. The molecule has 16 heavy (non-hydrogen) atoms. The van der Waals surface area contributed by atoms with Crippen LogP contribution in [-0.4, -0.2) is 34.4 Å². The van der Waals surface area contributed by atoms with Crippen LogP contribution in [0, 0.1) is 0 Å². The van der Waals surface area contributed by atoms with E-state index in [1.165, 1.54) is 0 Å². The summed E-state index contributed by atoms with van der Waals surface area (Å²) in [6.45, 7) is 5.44. The monoisotopic (exact) mass is 225 g/mol. The zero-order chi connectivity index (χ0) is 11.6. The topological polar surface area (TPSA) is 50.1 Å². The van der Waals surface area contributed by atoms with Gasteiger partial charge in [0.1, 0.15) is 0 Å². The van der Waals surface area contributed by atoms with Crippen LogP contribution < -0.4 is 5.32 Å². The summed E-state index contributed by atoms with van der Waals surface area (Å²) in [6.07, 6.45) is 8.13. The third-order valence-electron chi connectivity index (χ3n) is 2.57. The first kappa shape index (κ1) is 13.2. The van der Waals surface area contributed by atoms with Gasteiger partial charge in [-0.25, -0.2) is 4.98 Å². The summed E-state index contributed by atoms with van der Waals surface area (Å²) in [5.74, 6) is 0. The van der Waals surface area contributed by atoms with E-state index >= 15 is 0 Å². The number of likely N-dealkylation sites (N-methyl/N-ethyl adjacent to an activating group) is 1. The van der Waals surface area contributed by atoms with Crippen LogP contribution in [0.25, 0.3) is 0 Å². The van der Waals surface area contributed by atoms with Crippen molar-refractivity contribution >= 4 is 0 Å². The lowest BCUT2D eigenvalue weighted by molar-refractivity contribution is 0.282. The molecule has 0 atom stereocenters. The Kier molecular flexibility index (Phi) is 6.85. The summed E-state index contributed by atoms with van der Waals surface area (Å²) in [7, 11) is 0. The molecule has 0 aliphatic heterocycles. The molecule has 1 rings (SSSR count). The van der Waals surface area contributed by atoms with Crippen LogP contribution in [0.1, 0.15) is 31.9 Å². The van der Waals surface area contributed by atoms with Crippen molar-refractivity contribution in [3.63, 3.8) is 0 Å². The number of unbranched alkanes of at least 4 members (excludes halogenated alkanes) is 2. The van der Waals surface area contributed by atoms with Gasteiger partial charge >= 0.3 is 0 Å². The van der Waals surface area contributed by atoms with E-state index < -0.39 is 0 Å². The Labute approximate surface area is 97.7 Å². The van der Waals surface area contributed by atoms with Crippen LogP contribution >= 0.6 is 0 Å². The summed E-state index contributed by atoms with van der Waals surface area (Å²) in [4.78, 5) is 4.36. The van der Waals surface area contributed by atoms with Crippen LogP contribution in [0.3, 0.4) is 0 Å². The molecule has 0 bridgehead atoms. The van der Waals surface area contributed by atoms with Gasteiger partial charge in [-0.2, -0.15) is 0 Å². The number of hydrogen-bond acceptors (Lipinski definition) is 3. The molecule has 0 spiro atoms. The normalized spacial score (nSPS) is 10.9. The quantitative estimate of drug-likeness (QED) is 0.621. The fraction of sp³-hybridized carbons (Fsp3) is 0.750. The molecular weight excluding hydrogens is 202 g/mol. The predicted molar refractivity (Wildman–Crippen MR) is 65.4 cm³/mol. The highest BCUT2D eigenvalue weighted by Crippen LogP contribution is 2.01. The molecule has 0 aromatic carbocycles. The molecule has 1 aromatic rings. The second-order valence-electron chi connectivity index (χ2n) is 3.99. The fourth-order valence-corrected chi connectivity index (χ4v) is 1.63. The van der Waals surface area contributed by atoms with Gasteiger partial charge in [-0.3, -0.25) is 0 Å². The zero-order valence-corrected chi connectivity index (χ0v) is 10.2. The molecule has 0 aliphatic rings. The SMILES string of the molecule is CCNCCc1cn(CCCCCO)cn1. The first-order valence-electron chi connectivity index (χ1n) is 6.19. The number of nitrogens with zero attached hydrogens (tertiary/aromatic N) is 2. The van der Waals surface area contributed by atoms with Crippen LogP contribution in [-0.2, 0) is 13.0 Å². The van der Waals surface area contributed by atoms with Gasteiger partial charge < -0.3 is 15.0 Å². The summed E-state index contributed by atoms with van der Waals surface area (Å²) in [5, 5.41) is 12.0. The standard InChI is InChI=1S/C12H23N3O/c1-2-13-7-6-12-10-15(11-14-12)8-4-3-5-9-16/h10-11,13,16H,2-9H2,1H3. The molecule has 1 heterocycles. The molecule has 4 nitrogen and oxygen atoms in total. The Morgan fingerprint density at radius 2 is 2.25 bits per heavy atom. The van der Waals surface area contributed by atoms with Crippen molar-refractivity contribution in [1.29, 1.82) is 0 Å². The van der Waals surface area contributed by atoms with Gasteiger partial charge in [0.15, 0.2) is 0 Å². The molecular formula is C12H23N3O. The Balaban J connectivity index is 2.17. The number of aromatic nitrogens is 2. The first-order valence-corrected chi connectivity index (χ1v) is 6.19. The molecule has 2 N–H and O–H groups in total. The third kappa shape index (κ3) is 5.28. The Morgan fingerprint density at radius 3 is 3.00 bits per heavy atom. The third-order valence-corrected chi connectivity index (χ3v) is 2.57. The van der Waals surface area contributed by atoms with E-state index in [2.05, 4.69) is 28.0 Å². The molecule has 0 aliphatic carbocycles. The number of imidazole rings is 1. The lowest BCUT2D eigenvalue weighted by Gasteiger charge is -2.00. The van der Waals surface area contributed by atoms with Crippen LogP contribution in [0.15, 0.2) is 12.5 Å². The molecule has 0 saturated heterocycles. The fourth-order valence-electron chi connectivity index (χ4n) is 1.63. The molecule has 92 valence electrons. The average molecular weight is 225 g/mol. The highest BCUT2D eigenvalue weighted by Gasteiger charge is 1.98. The molecule has 4 heteroatoms. The van der Waals surface area contributed by atoms with Crippen molar-refractivity contribution in [2.45, 2.75) is 39.2 Å². The van der Waals surface area contributed by atoms with Gasteiger partial charge in [0.25, 0.3) is 0 Å². The van der Waals surface area contributed by atoms with Gasteiger partial charge in [-0.15, -0.1) is 0 Å². The summed E-state index contributed by atoms with van der Waals surface area (Å²) in [6, 6.07) is 0. The van der Waals surface area contributed by atoms with Gasteiger partial charge in [-0.1, -0.05) is 6.92 Å². The van der Waals surface area contributed by atoms with Gasteiger partial charge in [0.05, 0.1) is 12.0 Å². The van der Waals surface area contributed by atoms with E-state index in [4.69, 9.17) is 5.11 Å². The van der Waals surface area contributed by atoms with Crippen molar-refractivity contribution in [1.82, 2.24) is 14.9 Å². The maximum atomic E-state index is 8.66. The van der Waals surface area contributed by atoms with E-state index in [0.717, 1.165) is 51.0 Å². The van der Waals surface area contributed by atoms with Crippen LogP contribution in [0.5, 0.6) is 0 Å². The Hall–Kier alpha value is -0.870. The van der Waals surface area contributed by atoms with E-state index in [1.54, 1.807) is 0 Å². The van der Waals surface area contributed by atoms with Gasteiger partial charge in [0, 0.05) is 32.3 Å². The average Bonchev–Trinajstić information content (AvgIpc) is 2.73. The summed E-state index contributed by atoms with van der Waals surface area (Å²) >= 11 is 0. The lowest BCUT2D eigenvalue weighted by atomic mass is 10.2. The number of rotatable bonds is 9. The minimum absolute atomic E-state index is 0.303. The van der Waals surface area contributed by atoms with Crippen molar-refractivity contribution in [2.24, 2.45) is 0 Å². The Morgan fingerprint density at radius 1 is 1.38 bits per heavy atom. The second-order valence-corrected chi connectivity index (χ2v) is 3.99. The van der Waals surface area contributed by atoms with Gasteiger partial charge in [-0.05, 0) is 25.8 Å². The minimum Gasteiger partial charge on any atom is -0.396 e. The zero-order valence-electron chi connectivity index (χ0n) is 10.2. The number of aliphatic hydroxyl groups is 1. The highest BCUT2D eigenvalue weighted by atomic mass is 16.2. The number of aryl methyl sites for hydroxylation is 1. The predicted octanol–water partition coefficient (Wildman–Crippen LogP) is 1.20. The van der Waals surface area contributed by atoms with Crippen LogP contribution in [0.4, 0.5) is 0 Å². The molecule has 0 fully saturated rings. The first-order chi connectivity index (χ1) is 7.86. The maximum Gasteiger partial charge on any atom is 0.0949 e. The van der Waals surface area contributed by atoms with E-state index in [1.807, 2.05) is 6.33 Å². The largest absolute Gasteiger partial charge is 0.396 e. The lowest BCUT2D eigenvalue weighted by Crippen LogP contribution is -2.16. The highest BCUT2D eigenvalue weighted by molar-refractivity contribution is 4.97. The molecule has 0 amide bonds. The number of aliphatic hydroxyl groups excluding tert-OH is 1. The molecule has 0 unspecified atom stereocenters. The van der Waals surface area contributed by atoms with E-state index in [-0.39, 0.29) is 0 Å². The summed E-state index contributed by atoms with van der Waals surface area (Å²) in [5.41, 5.74) is 1.16. The van der Waals surface area contributed by atoms with E-state index in [9.17, 15) is 0 Å². The Bertz CT molecular complexity index is 273. The van der Waals surface area contributed by atoms with Crippen molar-refractivity contribution < 1.29 is 5.11 Å². The maximum absolute atomic E-state index is 8.66. The molecule has 0 radical (unpaired) electrons. The number of hydrogen-bond donors (Lipinski definition) is 2. The molecule has 0 saturated carbocycles.